The average Bonchev–Trinajstić information content (AvgIpc) is 2.92. The van der Waals surface area contributed by atoms with Gasteiger partial charge in [-0.1, -0.05) is 88.4 Å². The molecule has 6 heteroatoms. The molecule has 0 amide bonds. The van der Waals surface area contributed by atoms with Crippen LogP contribution in [0.2, 0.25) is 0 Å². The first-order valence-corrected chi connectivity index (χ1v) is 15.0. The van der Waals surface area contributed by atoms with E-state index >= 15 is 0 Å². The molecule has 2 aliphatic rings. The molecule has 1 aliphatic heterocycles. The lowest BCUT2D eigenvalue weighted by atomic mass is 10.2. The van der Waals surface area contributed by atoms with Crippen molar-refractivity contribution < 1.29 is 4.42 Å². The van der Waals surface area contributed by atoms with E-state index in [1.807, 2.05) is 24.3 Å². The molecular weight excluding hydrogens is 539 g/mol. The summed E-state index contributed by atoms with van der Waals surface area (Å²) >= 11 is 4.81. The first kappa shape index (κ1) is 25.8. The highest BCUT2D eigenvalue weighted by Gasteiger charge is 2.18. The Morgan fingerprint density at radius 2 is 1.08 bits per heavy atom. The normalized spacial score (nSPS) is 11.4. The minimum Gasteiger partial charge on any atom is -0.453 e. The van der Waals surface area contributed by atoms with Gasteiger partial charge < -0.3 is 4.42 Å². The van der Waals surface area contributed by atoms with E-state index in [1.165, 1.54) is 28.5 Å². The first-order chi connectivity index (χ1) is 18.9. The standard InChI is InChI=1S/C33H25NO2S3/c1-20-4-10-23(11-5-20)37-26-16-30-33(32(17-26)39-25-14-8-22(3)9-15-25)34-27-18-31(28(35)19-29(27)36-30)38-24-12-6-21(2)7-13-24/h4-19H,1-3H3. The highest BCUT2D eigenvalue weighted by molar-refractivity contribution is 8.00. The zero-order valence-corrected chi connectivity index (χ0v) is 24.2. The van der Waals surface area contributed by atoms with Gasteiger partial charge in [0, 0.05) is 30.5 Å². The molecule has 0 unspecified atom stereocenters. The summed E-state index contributed by atoms with van der Waals surface area (Å²) in [5.74, 6) is 0.490. The van der Waals surface area contributed by atoms with Gasteiger partial charge >= 0.3 is 0 Å². The third-order valence-corrected chi connectivity index (χ3v) is 9.31. The maximum absolute atomic E-state index is 13.0. The molecule has 192 valence electrons. The Morgan fingerprint density at radius 3 is 1.64 bits per heavy atom. The van der Waals surface area contributed by atoms with Crippen LogP contribution >= 0.6 is 35.3 Å². The number of hydrogen-bond donors (Lipinski definition) is 0. The lowest BCUT2D eigenvalue weighted by Gasteiger charge is -2.13. The van der Waals surface area contributed by atoms with Gasteiger partial charge in [-0.05, 0) is 75.4 Å². The molecule has 0 saturated heterocycles. The lowest BCUT2D eigenvalue weighted by molar-refractivity contribution is 0.609. The van der Waals surface area contributed by atoms with Gasteiger partial charge in [0.25, 0.3) is 0 Å². The SMILES string of the molecule is Cc1ccc(Sc2cc(Sc3ccc(C)cc3)c3nc4cc(Sc5ccc(C)cc5)c(=O)cc-4oc3c2)cc1. The van der Waals surface area contributed by atoms with Crippen molar-refractivity contribution in [2.75, 3.05) is 0 Å². The van der Waals surface area contributed by atoms with Crippen LogP contribution in [-0.4, -0.2) is 4.98 Å². The summed E-state index contributed by atoms with van der Waals surface area (Å²) in [6.45, 7) is 6.23. The van der Waals surface area contributed by atoms with Crippen LogP contribution in [0.15, 0.2) is 136 Å². The lowest BCUT2D eigenvalue weighted by Crippen LogP contribution is -2.05. The number of hydrogen-bond acceptors (Lipinski definition) is 6. The number of aryl methyl sites for hydroxylation is 3. The molecule has 4 aromatic rings. The van der Waals surface area contributed by atoms with Gasteiger partial charge in [0.1, 0.15) is 11.2 Å². The molecule has 0 N–H and O–H groups in total. The van der Waals surface area contributed by atoms with Crippen molar-refractivity contribution in [3.63, 3.8) is 0 Å². The Hall–Kier alpha value is -3.45. The van der Waals surface area contributed by atoms with E-state index < -0.39 is 0 Å². The predicted octanol–water partition coefficient (Wildman–Crippen LogP) is 9.67. The van der Waals surface area contributed by atoms with Crippen LogP contribution in [0, 0.1) is 20.8 Å². The minimum atomic E-state index is -0.0718. The van der Waals surface area contributed by atoms with Crippen molar-refractivity contribution in [3.8, 4) is 11.5 Å². The summed E-state index contributed by atoms with van der Waals surface area (Å²) in [5, 5.41) is 0. The largest absolute Gasteiger partial charge is 0.453 e. The molecule has 0 saturated carbocycles. The van der Waals surface area contributed by atoms with E-state index in [4.69, 9.17) is 9.40 Å². The highest BCUT2D eigenvalue weighted by Crippen LogP contribution is 2.40. The predicted molar refractivity (Wildman–Crippen MR) is 163 cm³/mol. The maximum Gasteiger partial charge on any atom is 0.196 e. The van der Waals surface area contributed by atoms with Gasteiger partial charge in [0.2, 0.25) is 0 Å². The van der Waals surface area contributed by atoms with Crippen molar-refractivity contribution in [2.45, 2.75) is 50.1 Å². The van der Waals surface area contributed by atoms with E-state index in [-0.39, 0.29) is 5.43 Å². The van der Waals surface area contributed by atoms with Gasteiger partial charge in [-0.2, -0.15) is 0 Å². The number of fused-ring (bicyclic) bond motifs is 2. The summed E-state index contributed by atoms with van der Waals surface area (Å²) in [5.41, 5.74) is 5.68. The van der Waals surface area contributed by atoms with E-state index in [0.717, 1.165) is 30.0 Å². The number of rotatable bonds is 6. The van der Waals surface area contributed by atoms with Gasteiger partial charge in [0.15, 0.2) is 16.8 Å². The second-order valence-electron chi connectivity index (χ2n) is 9.49. The fraction of sp³-hybridized carbons (Fsp3) is 0.0909. The molecule has 0 spiro atoms. The van der Waals surface area contributed by atoms with Crippen molar-refractivity contribution in [2.24, 2.45) is 0 Å². The molecule has 0 fully saturated rings. The summed E-state index contributed by atoms with van der Waals surface area (Å²) in [6, 6.07) is 32.8. The fourth-order valence-corrected chi connectivity index (χ4v) is 6.88. The smallest absolute Gasteiger partial charge is 0.196 e. The Bertz CT molecular complexity index is 1810. The minimum absolute atomic E-state index is 0.0718. The molecule has 1 aliphatic carbocycles. The molecule has 0 aromatic heterocycles. The average molecular weight is 564 g/mol. The summed E-state index contributed by atoms with van der Waals surface area (Å²) in [6.07, 6.45) is 0. The van der Waals surface area contributed by atoms with Crippen LogP contribution in [0.25, 0.3) is 22.6 Å². The zero-order chi connectivity index (χ0) is 26.9. The molecule has 4 aromatic carbocycles. The molecule has 6 rings (SSSR count). The van der Waals surface area contributed by atoms with Crippen LogP contribution in [0.1, 0.15) is 16.7 Å². The third-order valence-electron chi connectivity index (χ3n) is 6.25. The van der Waals surface area contributed by atoms with E-state index in [1.54, 1.807) is 29.6 Å². The quantitative estimate of drug-likeness (QED) is 0.188. The van der Waals surface area contributed by atoms with Crippen LogP contribution < -0.4 is 5.43 Å². The molecule has 3 nitrogen and oxygen atoms in total. The molecular formula is C33H25NO2S3. The molecule has 0 radical (unpaired) electrons. The Morgan fingerprint density at radius 1 is 0.564 bits per heavy atom. The molecule has 39 heavy (non-hydrogen) atoms. The molecule has 0 bridgehead atoms. The van der Waals surface area contributed by atoms with Gasteiger partial charge in [-0.25, -0.2) is 4.98 Å². The van der Waals surface area contributed by atoms with Crippen LogP contribution in [-0.2, 0) is 0 Å². The van der Waals surface area contributed by atoms with Crippen molar-refractivity contribution >= 4 is 46.4 Å². The fourth-order valence-electron chi connectivity index (χ4n) is 4.11. The highest BCUT2D eigenvalue weighted by atomic mass is 32.2. The summed E-state index contributed by atoms with van der Waals surface area (Å²) < 4.78 is 6.34. The van der Waals surface area contributed by atoms with Crippen molar-refractivity contribution in [1.82, 2.24) is 4.98 Å². The van der Waals surface area contributed by atoms with Crippen LogP contribution in [0.4, 0.5) is 0 Å². The second-order valence-corrected chi connectivity index (χ2v) is 12.9. The number of aromatic nitrogens is 1. The monoisotopic (exact) mass is 563 g/mol. The summed E-state index contributed by atoms with van der Waals surface area (Å²) in [4.78, 5) is 24.0. The summed E-state index contributed by atoms with van der Waals surface area (Å²) in [7, 11) is 0. The topological polar surface area (TPSA) is 43.1 Å². The van der Waals surface area contributed by atoms with Crippen LogP contribution in [0.5, 0.6) is 0 Å². The Balaban J connectivity index is 1.45. The van der Waals surface area contributed by atoms with E-state index in [2.05, 4.69) is 87.5 Å². The van der Waals surface area contributed by atoms with Crippen molar-refractivity contribution in [1.29, 1.82) is 0 Å². The molecule has 1 heterocycles. The van der Waals surface area contributed by atoms with Gasteiger partial charge in [0.05, 0.1) is 4.90 Å². The Kier molecular flexibility index (Phi) is 7.26. The molecule has 0 atom stereocenters. The van der Waals surface area contributed by atoms with E-state index in [0.29, 0.717) is 21.9 Å². The van der Waals surface area contributed by atoms with Crippen molar-refractivity contribution in [3.05, 3.63) is 124 Å². The van der Waals surface area contributed by atoms with Gasteiger partial charge in [-0.15, -0.1) is 0 Å². The zero-order valence-electron chi connectivity index (χ0n) is 21.7. The van der Waals surface area contributed by atoms with E-state index in [9.17, 15) is 4.79 Å². The van der Waals surface area contributed by atoms with Crippen LogP contribution in [0.3, 0.4) is 0 Å². The van der Waals surface area contributed by atoms with Gasteiger partial charge in [-0.3, -0.25) is 4.79 Å². The second kappa shape index (κ2) is 11.0. The third kappa shape index (κ3) is 5.93. The Labute approximate surface area is 240 Å². The maximum atomic E-state index is 13.0. The first-order valence-electron chi connectivity index (χ1n) is 12.6. The number of benzene rings is 5. The number of nitrogens with zero attached hydrogens (tertiary/aromatic N) is 1.